The summed E-state index contributed by atoms with van der Waals surface area (Å²) in [5.74, 6) is 0.553. The summed E-state index contributed by atoms with van der Waals surface area (Å²) in [4.78, 5) is 0. The van der Waals surface area contributed by atoms with Crippen LogP contribution in [0.2, 0.25) is 0 Å². The largest absolute Gasteiger partial charge is 0.330 e. The van der Waals surface area contributed by atoms with Gasteiger partial charge in [0.2, 0.25) is 0 Å². The predicted octanol–water partition coefficient (Wildman–Crippen LogP) is 2.05. The summed E-state index contributed by atoms with van der Waals surface area (Å²) in [6.45, 7) is 13.8. The van der Waals surface area contributed by atoms with Crippen molar-refractivity contribution < 1.29 is 0 Å². The Balaban J connectivity index is 4.89. The summed E-state index contributed by atoms with van der Waals surface area (Å²) in [7, 11) is 0. The Hall–Kier alpha value is -0.120. The Morgan fingerprint density at radius 2 is 1.44 bits per heavy atom. The Morgan fingerprint density at radius 3 is 1.75 bits per heavy atom. The molecule has 0 spiro atoms. The van der Waals surface area contributed by atoms with E-state index in [1.807, 2.05) is 6.92 Å². The van der Waals surface area contributed by atoms with Crippen LogP contribution in [0, 0.1) is 16.7 Å². The molecule has 0 heterocycles. The lowest BCUT2D eigenvalue weighted by Gasteiger charge is -2.53. The molecule has 0 aromatic rings. The lowest BCUT2D eigenvalue weighted by atomic mass is 9.56. The maximum atomic E-state index is 6.12. The minimum Gasteiger partial charge on any atom is -0.330 e. The molecular weight excluding hydrogens is 198 g/mol. The van der Waals surface area contributed by atoms with Crippen LogP contribution in [0.4, 0.5) is 0 Å². The normalized spacial score (nSPS) is 16.3. The molecule has 0 saturated carbocycles. The highest BCUT2D eigenvalue weighted by Crippen LogP contribution is 2.49. The van der Waals surface area contributed by atoms with Gasteiger partial charge in [0, 0.05) is 5.41 Å². The third-order valence-corrected chi connectivity index (χ3v) is 5.03. The molecule has 0 radical (unpaired) electrons. The van der Waals surface area contributed by atoms with Crippen LogP contribution < -0.4 is 17.2 Å². The molecule has 3 heteroatoms. The maximum Gasteiger partial charge on any atom is 0.0665 e. The number of nitrogens with two attached hydrogens (primary N) is 3. The standard InChI is InChI=1S/C13H31N3/c1-10(8-7-9-14)11(2,3)12(4,5)13(6,15)16/h10H,7-9,14-16H2,1-6H3. The van der Waals surface area contributed by atoms with E-state index in [1.54, 1.807) is 0 Å². The van der Waals surface area contributed by atoms with Crippen molar-refractivity contribution >= 4 is 0 Å². The van der Waals surface area contributed by atoms with Crippen LogP contribution >= 0.6 is 0 Å². The molecule has 1 unspecified atom stereocenters. The molecule has 0 aliphatic rings. The summed E-state index contributed by atoms with van der Waals surface area (Å²) in [6.07, 6.45) is 2.19. The molecule has 3 nitrogen and oxygen atoms in total. The second kappa shape index (κ2) is 5.03. The fourth-order valence-corrected chi connectivity index (χ4v) is 2.10. The van der Waals surface area contributed by atoms with Gasteiger partial charge >= 0.3 is 0 Å². The van der Waals surface area contributed by atoms with Crippen molar-refractivity contribution in [2.24, 2.45) is 33.9 Å². The monoisotopic (exact) mass is 229 g/mol. The molecule has 6 N–H and O–H groups in total. The minimum atomic E-state index is -0.673. The highest BCUT2D eigenvalue weighted by molar-refractivity contribution is 5.00. The van der Waals surface area contributed by atoms with Crippen molar-refractivity contribution in [2.45, 2.75) is 60.0 Å². The summed E-state index contributed by atoms with van der Waals surface area (Å²) >= 11 is 0. The second-order valence-corrected chi connectivity index (χ2v) is 6.46. The Labute approximate surface area is 101 Å². The highest BCUT2D eigenvalue weighted by atomic mass is 15.0. The zero-order valence-corrected chi connectivity index (χ0v) is 11.9. The zero-order chi connectivity index (χ0) is 13.2. The summed E-state index contributed by atoms with van der Waals surface area (Å²) in [5, 5.41) is 0. The first-order chi connectivity index (χ1) is 6.98. The molecule has 0 aromatic carbocycles. The van der Waals surface area contributed by atoms with Crippen LogP contribution in [-0.4, -0.2) is 12.2 Å². The molecule has 0 aromatic heterocycles. The van der Waals surface area contributed by atoms with Crippen molar-refractivity contribution in [3.05, 3.63) is 0 Å². The van der Waals surface area contributed by atoms with Gasteiger partial charge in [-0.15, -0.1) is 0 Å². The van der Waals surface area contributed by atoms with Crippen molar-refractivity contribution in [1.82, 2.24) is 0 Å². The quantitative estimate of drug-likeness (QED) is 0.610. The van der Waals surface area contributed by atoms with E-state index in [0.717, 1.165) is 19.4 Å². The summed E-state index contributed by atoms with van der Waals surface area (Å²) in [6, 6.07) is 0. The van der Waals surface area contributed by atoms with E-state index in [1.165, 1.54) is 0 Å². The SMILES string of the molecule is CC(CCCN)C(C)(C)C(C)(C)C(C)(N)N. The smallest absolute Gasteiger partial charge is 0.0665 e. The van der Waals surface area contributed by atoms with Gasteiger partial charge in [0.1, 0.15) is 0 Å². The molecule has 0 rings (SSSR count). The molecular formula is C13H31N3. The van der Waals surface area contributed by atoms with Gasteiger partial charge < -0.3 is 17.2 Å². The van der Waals surface area contributed by atoms with Gasteiger partial charge in [0.25, 0.3) is 0 Å². The number of rotatable bonds is 6. The van der Waals surface area contributed by atoms with Gasteiger partial charge in [0.15, 0.2) is 0 Å². The molecule has 0 aliphatic carbocycles. The summed E-state index contributed by atoms with van der Waals surface area (Å²) in [5.41, 5.74) is 17.1. The zero-order valence-electron chi connectivity index (χ0n) is 11.9. The Morgan fingerprint density at radius 1 is 1.00 bits per heavy atom. The van der Waals surface area contributed by atoms with Crippen LogP contribution in [0.15, 0.2) is 0 Å². The third-order valence-electron chi connectivity index (χ3n) is 5.03. The van der Waals surface area contributed by atoms with Gasteiger partial charge in [-0.2, -0.15) is 0 Å². The van der Waals surface area contributed by atoms with Gasteiger partial charge in [-0.1, -0.05) is 34.6 Å². The van der Waals surface area contributed by atoms with Gasteiger partial charge in [-0.25, -0.2) is 0 Å². The average molecular weight is 229 g/mol. The molecule has 0 fully saturated rings. The molecule has 1 atom stereocenters. The summed E-state index contributed by atoms with van der Waals surface area (Å²) < 4.78 is 0. The van der Waals surface area contributed by atoms with E-state index >= 15 is 0 Å². The first-order valence-corrected chi connectivity index (χ1v) is 6.26. The van der Waals surface area contributed by atoms with Crippen LogP contribution in [0.5, 0.6) is 0 Å². The third kappa shape index (κ3) is 2.96. The average Bonchev–Trinajstić information content (AvgIpc) is 2.11. The van der Waals surface area contributed by atoms with E-state index in [0.29, 0.717) is 5.92 Å². The Bertz CT molecular complexity index is 214. The van der Waals surface area contributed by atoms with E-state index in [4.69, 9.17) is 17.2 Å². The topological polar surface area (TPSA) is 78.1 Å². The van der Waals surface area contributed by atoms with Crippen LogP contribution in [-0.2, 0) is 0 Å². The van der Waals surface area contributed by atoms with E-state index in [2.05, 4.69) is 34.6 Å². The van der Waals surface area contributed by atoms with E-state index in [-0.39, 0.29) is 10.8 Å². The lowest BCUT2D eigenvalue weighted by Crippen LogP contribution is -2.64. The van der Waals surface area contributed by atoms with Crippen molar-refractivity contribution in [1.29, 1.82) is 0 Å². The van der Waals surface area contributed by atoms with Gasteiger partial charge in [-0.3, -0.25) is 0 Å². The highest BCUT2D eigenvalue weighted by Gasteiger charge is 2.48. The predicted molar refractivity (Wildman–Crippen MR) is 71.8 cm³/mol. The van der Waals surface area contributed by atoms with Crippen LogP contribution in [0.25, 0.3) is 0 Å². The first-order valence-electron chi connectivity index (χ1n) is 6.26. The molecule has 0 aliphatic heterocycles. The van der Waals surface area contributed by atoms with Crippen LogP contribution in [0.1, 0.15) is 54.4 Å². The minimum absolute atomic E-state index is 0.0837. The second-order valence-electron chi connectivity index (χ2n) is 6.46. The van der Waals surface area contributed by atoms with Crippen LogP contribution in [0.3, 0.4) is 0 Å². The molecule has 0 amide bonds. The molecule has 0 bridgehead atoms. The number of hydrogen-bond acceptors (Lipinski definition) is 3. The van der Waals surface area contributed by atoms with Gasteiger partial charge in [0.05, 0.1) is 5.66 Å². The van der Waals surface area contributed by atoms with E-state index in [9.17, 15) is 0 Å². The molecule has 98 valence electrons. The van der Waals surface area contributed by atoms with Crippen molar-refractivity contribution in [3.63, 3.8) is 0 Å². The maximum absolute atomic E-state index is 6.12. The van der Waals surface area contributed by atoms with Crippen molar-refractivity contribution in [2.75, 3.05) is 6.54 Å². The fourth-order valence-electron chi connectivity index (χ4n) is 2.10. The fraction of sp³-hybridized carbons (Fsp3) is 1.00. The van der Waals surface area contributed by atoms with Gasteiger partial charge in [-0.05, 0) is 37.6 Å². The molecule has 16 heavy (non-hydrogen) atoms. The lowest BCUT2D eigenvalue weighted by molar-refractivity contribution is -0.0170. The van der Waals surface area contributed by atoms with Crippen molar-refractivity contribution in [3.8, 4) is 0 Å². The van der Waals surface area contributed by atoms with E-state index < -0.39 is 5.66 Å². The number of hydrogen-bond donors (Lipinski definition) is 3. The Kier molecular flexibility index (Phi) is 4.99. The first kappa shape index (κ1) is 15.9. The molecule has 0 saturated heterocycles.